The van der Waals surface area contributed by atoms with E-state index in [0.29, 0.717) is 5.92 Å². The zero-order chi connectivity index (χ0) is 27.0. The first-order chi connectivity index (χ1) is 18.0. The molecule has 8 heteroatoms. The van der Waals surface area contributed by atoms with Crippen molar-refractivity contribution in [3.05, 3.63) is 46.0 Å². The van der Waals surface area contributed by atoms with Crippen molar-refractivity contribution in [2.24, 2.45) is 22.7 Å². The maximum atomic E-state index is 12.4. The summed E-state index contributed by atoms with van der Waals surface area (Å²) in [6, 6.07) is 3.36. The predicted molar refractivity (Wildman–Crippen MR) is 138 cm³/mol. The lowest BCUT2D eigenvalue weighted by Gasteiger charge is -2.62. The van der Waals surface area contributed by atoms with E-state index >= 15 is 0 Å². The quantitative estimate of drug-likeness (QED) is 0.439. The van der Waals surface area contributed by atoms with Gasteiger partial charge in [-0.15, -0.1) is 0 Å². The molecule has 8 nitrogen and oxygen atoms in total. The Morgan fingerprint density at radius 2 is 1.74 bits per heavy atom. The molecule has 5 aliphatic rings. The van der Waals surface area contributed by atoms with E-state index in [2.05, 4.69) is 19.9 Å². The Bertz CT molecular complexity index is 1130. The molecule has 7 unspecified atom stereocenters. The number of rotatable bonds is 3. The lowest BCUT2D eigenvalue weighted by molar-refractivity contribution is -0.301. The molecule has 12 atom stereocenters. The molecule has 4 aliphatic carbocycles. The second kappa shape index (κ2) is 9.25. The van der Waals surface area contributed by atoms with Gasteiger partial charge in [-0.2, -0.15) is 0 Å². The summed E-state index contributed by atoms with van der Waals surface area (Å²) in [7, 11) is 0. The molecule has 6 rings (SSSR count). The molecule has 0 spiro atoms. The molecular formula is C30H42O8. The number of hydrogen-bond acceptors (Lipinski definition) is 8. The fourth-order valence-electron chi connectivity index (χ4n) is 9.17. The van der Waals surface area contributed by atoms with Gasteiger partial charge in [-0.05, 0) is 93.1 Å². The van der Waals surface area contributed by atoms with Crippen LogP contribution in [0, 0.1) is 22.7 Å². The van der Waals surface area contributed by atoms with Gasteiger partial charge < -0.3 is 34.3 Å². The third kappa shape index (κ3) is 3.82. The Labute approximate surface area is 223 Å². The monoisotopic (exact) mass is 530 g/mol. The van der Waals surface area contributed by atoms with E-state index < -0.39 is 36.3 Å². The standard InChI is InChI=1S/C30H42O8/c1-16-24(32)25(33)26(34)27(37-16)38-19-8-11-28(2)18(14-19)5-6-22-21(28)9-12-29(3)20(10-13-30(22,29)35)17-4-7-23(31)36-15-17/h4,7,14-16,19-22,24-27,32-35H,5-6,8-13H2,1-3H3/t16?,19-,20+,21?,22?,24?,25?,26?,27?,28-,29+,30-/m0/s1. The second-order valence-corrected chi connectivity index (χ2v) is 13.1. The van der Waals surface area contributed by atoms with Crippen LogP contribution in [0.15, 0.2) is 39.3 Å². The van der Waals surface area contributed by atoms with Crippen LogP contribution in [0.25, 0.3) is 0 Å². The number of hydrogen-bond donors (Lipinski definition) is 4. The molecule has 0 aromatic carbocycles. The third-order valence-corrected chi connectivity index (χ3v) is 11.5. The molecule has 4 fully saturated rings. The fraction of sp³-hybridized carbons (Fsp3) is 0.767. The number of allylic oxidation sites excluding steroid dienone is 1. The van der Waals surface area contributed by atoms with Crippen molar-refractivity contribution >= 4 is 0 Å². The smallest absolute Gasteiger partial charge is 0.335 e. The first-order valence-electron chi connectivity index (χ1n) is 14.4. The maximum Gasteiger partial charge on any atom is 0.335 e. The van der Waals surface area contributed by atoms with E-state index in [1.807, 2.05) is 6.07 Å². The maximum absolute atomic E-state index is 12.4. The van der Waals surface area contributed by atoms with Crippen molar-refractivity contribution in [2.75, 3.05) is 0 Å². The molecule has 2 heterocycles. The topological polar surface area (TPSA) is 130 Å². The van der Waals surface area contributed by atoms with E-state index in [1.165, 1.54) is 11.6 Å². The number of aliphatic hydroxyl groups is 4. The van der Waals surface area contributed by atoms with E-state index in [-0.39, 0.29) is 34.4 Å². The Hall–Kier alpha value is -1.55. The van der Waals surface area contributed by atoms with Crippen LogP contribution in [0.2, 0.25) is 0 Å². The van der Waals surface area contributed by atoms with Gasteiger partial charge >= 0.3 is 5.63 Å². The van der Waals surface area contributed by atoms with E-state index in [1.54, 1.807) is 13.2 Å². The zero-order valence-electron chi connectivity index (χ0n) is 22.6. The van der Waals surface area contributed by atoms with Crippen molar-refractivity contribution in [3.8, 4) is 0 Å². The van der Waals surface area contributed by atoms with Crippen LogP contribution in [0.5, 0.6) is 0 Å². The largest absolute Gasteiger partial charge is 0.431 e. The summed E-state index contributed by atoms with van der Waals surface area (Å²) in [5, 5.41) is 43.0. The molecular weight excluding hydrogens is 488 g/mol. The third-order valence-electron chi connectivity index (χ3n) is 11.5. The highest BCUT2D eigenvalue weighted by Crippen LogP contribution is 2.70. The van der Waals surface area contributed by atoms with Crippen molar-refractivity contribution < 1.29 is 34.3 Å². The summed E-state index contributed by atoms with van der Waals surface area (Å²) in [4.78, 5) is 11.5. The van der Waals surface area contributed by atoms with Crippen molar-refractivity contribution in [2.45, 2.75) is 120 Å². The van der Waals surface area contributed by atoms with Gasteiger partial charge in [0, 0.05) is 11.5 Å². The highest BCUT2D eigenvalue weighted by molar-refractivity contribution is 5.31. The second-order valence-electron chi connectivity index (χ2n) is 13.1. The predicted octanol–water partition coefficient (Wildman–Crippen LogP) is 3.01. The van der Waals surface area contributed by atoms with Crippen LogP contribution in [-0.2, 0) is 9.47 Å². The Balaban J connectivity index is 1.21. The van der Waals surface area contributed by atoms with E-state index in [0.717, 1.165) is 56.9 Å². The summed E-state index contributed by atoms with van der Waals surface area (Å²) >= 11 is 0. The molecule has 1 saturated heterocycles. The number of ether oxygens (including phenoxy) is 2. The van der Waals surface area contributed by atoms with Crippen LogP contribution in [0.3, 0.4) is 0 Å². The zero-order valence-corrected chi connectivity index (χ0v) is 22.6. The highest BCUT2D eigenvalue weighted by Gasteiger charge is 2.66. The molecule has 1 aromatic rings. The first-order valence-corrected chi connectivity index (χ1v) is 14.4. The summed E-state index contributed by atoms with van der Waals surface area (Å²) in [5.74, 6) is 0.759. The van der Waals surface area contributed by atoms with Crippen LogP contribution in [0.4, 0.5) is 0 Å². The van der Waals surface area contributed by atoms with Gasteiger partial charge in [-0.3, -0.25) is 0 Å². The summed E-state index contributed by atoms with van der Waals surface area (Å²) in [5.41, 5.74) is 0.991. The fourth-order valence-corrected chi connectivity index (χ4v) is 9.17. The van der Waals surface area contributed by atoms with Crippen molar-refractivity contribution in [1.82, 2.24) is 0 Å². The SMILES string of the molecule is CC1OC(O[C@@H]2C=C3CCC4C(CC[C@]5(C)[C@@H](c6ccc(=O)oc6)CC[C@]45O)[C@@]3(C)CC2)C(O)C(O)C1O. The molecule has 210 valence electrons. The lowest BCUT2D eigenvalue weighted by atomic mass is 9.45. The van der Waals surface area contributed by atoms with Crippen molar-refractivity contribution in [1.29, 1.82) is 0 Å². The molecule has 4 N–H and O–H groups in total. The number of aliphatic hydroxyl groups excluding tert-OH is 3. The minimum atomic E-state index is -1.31. The van der Waals surface area contributed by atoms with Gasteiger partial charge in [0.1, 0.15) is 18.3 Å². The lowest BCUT2D eigenvalue weighted by Crippen LogP contribution is -2.60. The van der Waals surface area contributed by atoms with E-state index in [4.69, 9.17) is 13.9 Å². The van der Waals surface area contributed by atoms with Gasteiger partial charge in [0.2, 0.25) is 0 Å². The van der Waals surface area contributed by atoms with Gasteiger partial charge in [-0.1, -0.05) is 25.5 Å². The van der Waals surface area contributed by atoms with Crippen LogP contribution >= 0.6 is 0 Å². The number of fused-ring (bicyclic) bond motifs is 5. The van der Waals surface area contributed by atoms with Crippen LogP contribution in [0.1, 0.15) is 83.6 Å². The average molecular weight is 531 g/mol. The van der Waals surface area contributed by atoms with Crippen LogP contribution < -0.4 is 5.63 Å². The van der Waals surface area contributed by atoms with Gasteiger partial charge in [0.25, 0.3) is 0 Å². The highest BCUT2D eigenvalue weighted by atomic mass is 16.7. The van der Waals surface area contributed by atoms with Crippen LogP contribution in [-0.4, -0.2) is 62.8 Å². The normalized spacial score (nSPS) is 50.5. The van der Waals surface area contributed by atoms with E-state index in [9.17, 15) is 25.2 Å². The first kappa shape index (κ1) is 26.7. The molecule has 1 aromatic heterocycles. The minimum absolute atomic E-state index is 0.0213. The summed E-state index contributed by atoms with van der Waals surface area (Å²) in [6.45, 7) is 6.26. The Kier molecular flexibility index (Phi) is 6.49. The minimum Gasteiger partial charge on any atom is -0.431 e. The Morgan fingerprint density at radius 3 is 2.47 bits per heavy atom. The molecule has 38 heavy (non-hydrogen) atoms. The Morgan fingerprint density at radius 1 is 0.947 bits per heavy atom. The molecule has 0 radical (unpaired) electrons. The van der Waals surface area contributed by atoms with Gasteiger partial charge in [0.05, 0.1) is 24.1 Å². The van der Waals surface area contributed by atoms with Gasteiger partial charge in [0.15, 0.2) is 6.29 Å². The molecule has 3 saturated carbocycles. The van der Waals surface area contributed by atoms with Crippen molar-refractivity contribution in [3.63, 3.8) is 0 Å². The molecule has 0 amide bonds. The summed E-state index contributed by atoms with van der Waals surface area (Å²) < 4.78 is 17.0. The average Bonchev–Trinajstić information content (AvgIpc) is 3.18. The molecule has 0 bridgehead atoms. The summed E-state index contributed by atoms with van der Waals surface area (Å²) in [6.07, 6.45) is 5.32. The van der Waals surface area contributed by atoms with Gasteiger partial charge in [-0.25, -0.2) is 4.79 Å². The molecule has 1 aliphatic heterocycles.